The topological polar surface area (TPSA) is 100 Å². The number of nitrogens with zero attached hydrogens (tertiary/aromatic N) is 2. The normalized spacial score (nSPS) is 12.3. The summed E-state index contributed by atoms with van der Waals surface area (Å²) in [6.45, 7) is 3.83. The van der Waals surface area contributed by atoms with Gasteiger partial charge in [-0.3, -0.25) is 9.59 Å². The van der Waals surface area contributed by atoms with Crippen molar-refractivity contribution in [1.29, 1.82) is 0 Å². The van der Waals surface area contributed by atoms with Gasteiger partial charge in [-0.05, 0) is 47.9 Å². The first-order chi connectivity index (χ1) is 16.2. The van der Waals surface area contributed by atoms with E-state index in [9.17, 15) is 23.5 Å². The number of aliphatic hydroxyl groups is 1. The molecule has 0 aliphatic heterocycles. The Hall–Kier alpha value is -3.78. The van der Waals surface area contributed by atoms with Crippen molar-refractivity contribution in [1.82, 2.24) is 10.2 Å². The van der Waals surface area contributed by atoms with E-state index in [1.807, 2.05) is 13.8 Å². The Morgan fingerprint density at radius 3 is 2.03 bits per heavy atom. The number of carbonyl (C=O) groups is 2. The zero-order valence-corrected chi connectivity index (χ0v) is 18.7. The van der Waals surface area contributed by atoms with Gasteiger partial charge < -0.3 is 10.2 Å². The number of ketones is 1. The van der Waals surface area contributed by atoms with Crippen LogP contribution in [-0.4, -0.2) is 38.3 Å². The van der Waals surface area contributed by atoms with E-state index >= 15 is 0 Å². The van der Waals surface area contributed by atoms with Crippen molar-refractivity contribution in [3.8, 4) is 22.4 Å². The van der Waals surface area contributed by atoms with Crippen LogP contribution in [0.25, 0.3) is 28.5 Å². The number of aromatic nitrogens is 2. The van der Waals surface area contributed by atoms with Crippen LogP contribution in [0, 0.1) is 11.6 Å². The molecular weight excluding hydrogens is 442 g/mol. The number of carboxylic acids is 1. The van der Waals surface area contributed by atoms with Crippen LogP contribution in [0.4, 0.5) is 8.78 Å². The van der Waals surface area contributed by atoms with Gasteiger partial charge in [0.05, 0.1) is 11.8 Å². The van der Waals surface area contributed by atoms with Crippen molar-refractivity contribution in [3.05, 3.63) is 77.5 Å². The van der Waals surface area contributed by atoms with Crippen LogP contribution in [0.15, 0.2) is 54.6 Å². The third-order valence-electron chi connectivity index (χ3n) is 5.11. The maximum Gasteiger partial charge on any atom is 0.310 e. The van der Waals surface area contributed by atoms with E-state index in [0.717, 1.165) is 0 Å². The van der Waals surface area contributed by atoms with Crippen molar-refractivity contribution < 1.29 is 28.6 Å². The molecule has 1 atom stereocenters. The van der Waals surface area contributed by atoms with Crippen LogP contribution in [0.5, 0.6) is 0 Å². The molecule has 3 aromatic rings. The zero-order chi connectivity index (χ0) is 24.8. The lowest BCUT2D eigenvalue weighted by Crippen LogP contribution is -2.14. The SMILES string of the molecule is CC(C)c1nnc(-c2ccc(F)cc2)c(-c2ccc(F)cc2)c1/C=C/[C@@H](O)CC(=O)CC(=O)O. The Morgan fingerprint density at radius 1 is 0.941 bits per heavy atom. The minimum atomic E-state index is -1.26. The summed E-state index contributed by atoms with van der Waals surface area (Å²) in [4.78, 5) is 22.5. The summed E-state index contributed by atoms with van der Waals surface area (Å²) in [5, 5.41) is 27.8. The van der Waals surface area contributed by atoms with E-state index in [4.69, 9.17) is 5.11 Å². The molecule has 0 saturated heterocycles. The monoisotopic (exact) mass is 466 g/mol. The highest BCUT2D eigenvalue weighted by molar-refractivity contribution is 5.95. The maximum absolute atomic E-state index is 13.7. The minimum Gasteiger partial charge on any atom is -0.481 e. The van der Waals surface area contributed by atoms with Crippen molar-refractivity contribution in [3.63, 3.8) is 0 Å². The maximum atomic E-state index is 13.7. The molecule has 8 heteroatoms. The summed E-state index contributed by atoms with van der Waals surface area (Å²) in [5.74, 6) is -2.76. The molecule has 0 bridgehead atoms. The van der Waals surface area contributed by atoms with Gasteiger partial charge in [0, 0.05) is 23.1 Å². The number of carbonyl (C=O) groups excluding carboxylic acids is 1. The molecule has 1 aromatic heterocycles. The van der Waals surface area contributed by atoms with Crippen LogP contribution >= 0.6 is 0 Å². The average Bonchev–Trinajstić information content (AvgIpc) is 2.77. The fraction of sp³-hybridized carbons (Fsp3) is 0.231. The van der Waals surface area contributed by atoms with Crippen LogP contribution in [0.3, 0.4) is 0 Å². The Bertz CT molecular complexity index is 1210. The first kappa shape index (κ1) is 24.9. The lowest BCUT2D eigenvalue weighted by Gasteiger charge is -2.18. The predicted octanol–water partition coefficient (Wildman–Crippen LogP) is 5.02. The molecule has 34 heavy (non-hydrogen) atoms. The highest BCUT2D eigenvalue weighted by atomic mass is 19.1. The third-order valence-corrected chi connectivity index (χ3v) is 5.11. The molecule has 0 fully saturated rings. The summed E-state index contributed by atoms with van der Waals surface area (Å²) < 4.78 is 27.2. The van der Waals surface area contributed by atoms with Crippen molar-refractivity contribution in [2.24, 2.45) is 0 Å². The Kier molecular flexibility index (Phi) is 7.96. The fourth-order valence-electron chi connectivity index (χ4n) is 3.53. The van der Waals surface area contributed by atoms with Gasteiger partial charge >= 0.3 is 5.97 Å². The molecule has 0 unspecified atom stereocenters. The molecule has 2 N–H and O–H groups in total. The fourth-order valence-corrected chi connectivity index (χ4v) is 3.53. The van der Waals surface area contributed by atoms with Gasteiger partial charge in [-0.15, -0.1) is 5.10 Å². The van der Waals surface area contributed by atoms with Gasteiger partial charge in [0.25, 0.3) is 0 Å². The molecule has 0 radical (unpaired) electrons. The van der Waals surface area contributed by atoms with Crippen molar-refractivity contribution >= 4 is 17.8 Å². The second-order valence-corrected chi connectivity index (χ2v) is 8.13. The van der Waals surface area contributed by atoms with E-state index in [1.54, 1.807) is 30.3 Å². The average molecular weight is 466 g/mol. The van der Waals surface area contributed by atoms with Crippen LogP contribution < -0.4 is 0 Å². The molecule has 1 heterocycles. The molecule has 2 aromatic carbocycles. The molecule has 0 aliphatic carbocycles. The largest absolute Gasteiger partial charge is 0.481 e. The first-order valence-corrected chi connectivity index (χ1v) is 10.7. The van der Waals surface area contributed by atoms with Crippen LogP contribution in [-0.2, 0) is 9.59 Å². The Morgan fingerprint density at radius 2 is 1.50 bits per heavy atom. The van der Waals surface area contributed by atoms with E-state index in [-0.39, 0.29) is 12.3 Å². The number of aliphatic hydroxyl groups excluding tert-OH is 1. The van der Waals surface area contributed by atoms with E-state index in [1.165, 1.54) is 30.3 Å². The lowest BCUT2D eigenvalue weighted by molar-refractivity contribution is -0.140. The summed E-state index contributed by atoms with van der Waals surface area (Å²) in [6, 6.07) is 11.5. The quantitative estimate of drug-likeness (QED) is 0.430. The number of hydrogen-bond donors (Lipinski definition) is 2. The number of benzene rings is 2. The van der Waals surface area contributed by atoms with Crippen LogP contribution in [0.2, 0.25) is 0 Å². The van der Waals surface area contributed by atoms with E-state index in [0.29, 0.717) is 33.6 Å². The minimum absolute atomic E-state index is 0.0700. The Balaban J connectivity index is 2.16. The zero-order valence-electron chi connectivity index (χ0n) is 18.7. The molecule has 6 nitrogen and oxygen atoms in total. The van der Waals surface area contributed by atoms with E-state index in [2.05, 4.69) is 10.2 Å². The smallest absolute Gasteiger partial charge is 0.310 e. The number of carboxylic acid groups (broad SMARTS) is 1. The summed E-state index contributed by atoms with van der Waals surface area (Å²) in [5.41, 5.74) is 3.47. The number of rotatable bonds is 9. The van der Waals surface area contributed by atoms with Crippen molar-refractivity contribution in [2.75, 3.05) is 0 Å². The number of aliphatic carboxylic acids is 1. The van der Waals surface area contributed by atoms with Crippen LogP contribution in [0.1, 0.15) is 43.9 Å². The van der Waals surface area contributed by atoms with Gasteiger partial charge in [0.15, 0.2) is 0 Å². The third kappa shape index (κ3) is 6.17. The second-order valence-electron chi connectivity index (χ2n) is 8.13. The van der Waals surface area contributed by atoms with Gasteiger partial charge in [-0.2, -0.15) is 5.10 Å². The highest BCUT2D eigenvalue weighted by Crippen LogP contribution is 2.37. The second kappa shape index (κ2) is 10.9. The molecule has 0 aliphatic rings. The number of Topliss-reactive ketones (excluding diaryl/α,β-unsaturated/α-hetero) is 1. The summed E-state index contributed by atoms with van der Waals surface area (Å²) in [7, 11) is 0. The number of halogens is 2. The molecule has 3 rings (SSSR count). The molecule has 176 valence electrons. The Labute approximate surface area is 195 Å². The van der Waals surface area contributed by atoms with E-state index < -0.39 is 35.9 Å². The summed E-state index contributed by atoms with van der Waals surface area (Å²) >= 11 is 0. The molecule has 0 saturated carbocycles. The molecule has 0 amide bonds. The van der Waals surface area contributed by atoms with Crippen molar-refractivity contribution in [2.45, 2.75) is 38.7 Å². The lowest BCUT2D eigenvalue weighted by atomic mass is 9.90. The predicted molar refractivity (Wildman–Crippen MR) is 124 cm³/mol. The van der Waals surface area contributed by atoms with Gasteiger partial charge in [-0.25, -0.2) is 8.78 Å². The number of hydrogen-bond acceptors (Lipinski definition) is 5. The first-order valence-electron chi connectivity index (χ1n) is 10.7. The molecular formula is C26H24F2N2O4. The highest BCUT2D eigenvalue weighted by Gasteiger charge is 2.20. The standard InChI is InChI=1S/C26H24F2N2O4/c1-15(2)25-22(12-11-20(31)13-21(32)14-23(33)34)24(16-3-7-18(27)8-4-16)26(30-29-25)17-5-9-19(28)10-6-17/h3-12,15,20,31H,13-14H2,1-2H3,(H,33,34)/b12-11+/t20-/m1/s1. The van der Waals surface area contributed by atoms with Gasteiger partial charge in [-0.1, -0.05) is 38.1 Å². The van der Waals surface area contributed by atoms with Gasteiger partial charge in [0.2, 0.25) is 0 Å². The summed E-state index contributed by atoms with van der Waals surface area (Å²) in [6.07, 6.45) is 0.762. The van der Waals surface area contributed by atoms with Gasteiger partial charge in [0.1, 0.15) is 29.5 Å². The molecule has 0 spiro atoms.